The maximum atomic E-state index is 10.2. The monoisotopic (exact) mass is 293 g/mol. The second-order valence-corrected chi connectivity index (χ2v) is 4.56. The molecule has 3 N–H and O–H groups in total. The van der Waals surface area contributed by atoms with Crippen LogP contribution in [0.5, 0.6) is 5.75 Å². The molecule has 0 spiro atoms. The Bertz CT molecular complexity index is 519. The van der Waals surface area contributed by atoms with Crippen LogP contribution in [0.1, 0.15) is 17.2 Å². The van der Waals surface area contributed by atoms with Gasteiger partial charge in [-0.25, -0.2) is 0 Å². The molecule has 0 fully saturated rings. The highest BCUT2D eigenvalue weighted by Gasteiger charge is 2.17. The van der Waals surface area contributed by atoms with E-state index in [4.69, 9.17) is 10.5 Å². The highest BCUT2D eigenvalue weighted by atomic mass is 35.5. The van der Waals surface area contributed by atoms with Gasteiger partial charge in [-0.3, -0.25) is 0 Å². The van der Waals surface area contributed by atoms with Crippen molar-refractivity contribution in [3.8, 4) is 5.75 Å². The second kappa shape index (κ2) is 7.90. The molecule has 0 radical (unpaired) electrons. The Balaban J connectivity index is 0.00000200. The minimum atomic E-state index is -0.616. The smallest absolute Gasteiger partial charge is 0.119 e. The lowest BCUT2D eigenvalue weighted by molar-refractivity contribution is 0.145. The molecule has 0 aliphatic heterocycles. The van der Waals surface area contributed by atoms with Crippen LogP contribution in [0.15, 0.2) is 54.6 Å². The lowest BCUT2D eigenvalue weighted by atomic mass is 9.97. The summed E-state index contributed by atoms with van der Waals surface area (Å²) < 4.78 is 5.17. The van der Waals surface area contributed by atoms with Crippen LogP contribution >= 0.6 is 12.4 Å². The van der Waals surface area contributed by atoms with Gasteiger partial charge in [-0.1, -0.05) is 42.5 Å². The number of hydrogen-bond donors (Lipinski definition) is 2. The second-order valence-electron chi connectivity index (χ2n) is 4.56. The summed E-state index contributed by atoms with van der Waals surface area (Å²) in [5.41, 5.74) is 8.06. The van der Waals surface area contributed by atoms with E-state index in [1.54, 1.807) is 7.11 Å². The molecule has 0 bridgehead atoms. The number of aliphatic hydroxyl groups is 1. The highest BCUT2D eigenvalue weighted by Crippen LogP contribution is 2.21. The fourth-order valence-electron chi connectivity index (χ4n) is 2.05. The average Bonchev–Trinajstić information content (AvgIpc) is 2.47. The number of ether oxygens (including phenoxy) is 1. The van der Waals surface area contributed by atoms with Crippen molar-refractivity contribution in [1.29, 1.82) is 0 Å². The van der Waals surface area contributed by atoms with Gasteiger partial charge >= 0.3 is 0 Å². The predicted octanol–water partition coefficient (Wildman–Crippen LogP) is 2.72. The minimum Gasteiger partial charge on any atom is -0.497 e. The lowest BCUT2D eigenvalue weighted by Crippen LogP contribution is -2.28. The zero-order valence-electron chi connectivity index (χ0n) is 11.4. The van der Waals surface area contributed by atoms with Crippen molar-refractivity contribution in [2.45, 2.75) is 18.6 Å². The number of methoxy groups -OCH3 is 1. The molecule has 0 amide bonds. The quantitative estimate of drug-likeness (QED) is 0.891. The van der Waals surface area contributed by atoms with E-state index in [9.17, 15) is 5.11 Å². The van der Waals surface area contributed by atoms with Gasteiger partial charge in [0.15, 0.2) is 0 Å². The third kappa shape index (κ3) is 4.23. The first-order chi connectivity index (χ1) is 9.20. The molecule has 0 heterocycles. The number of rotatable bonds is 5. The largest absolute Gasteiger partial charge is 0.497 e. The minimum absolute atomic E-state index is 0. The first kappa shape index (κ1) is 16.5. The predicted molar refractivity (Wildman–Crippen MR) is 83.3 cm³/mol. The Morgan fingerprint density at radius 1 is 1.10 bits per heavy atom. The normalized spacial score (nSPS) is 13.2. The van der Waals surface area contributed by atoms with Crippen molar-refractivity contribution < 1.29 is 9.84 Å². The maximum Gasteiger partial charge on any atom is 0.119 e. The van der Waals surface area contributed by atoms with Crippen LogP contribution in [-0.4, -0.2) is 18.3 Å². The summed E-state index contributed by atoms with van der Waals surface area (Å²) >= 11 is 0. The molecule has 20 heavy (non-hydrogen) atoms. The molecule has 0 saturated carbocycles. The molecule has 2 rings (SSSR count). The van der Waals surface area contributed by atoms with E-state index < -0.39 is 12.1 Å². The zero-order valence-corrected chi connectivity index (χ0v) is 12.2. The van der Waals surface area contributed by atoms with Crippen molar-refractivity contribution >= 4 is 12.4 Å². The third-order valence-electron chi connectivity index (χ3n) is 3.18. The molecule has 108 valence electrons. The van der Waals surface area contributed by atoms with E-state index in [0.29, 0.717) is 6.42 Å². The Morgan fingerprint density at radius 2 is 1.80 bits per heavy atom. The summed E-state index contributed by atoms with van der Waals surface area (Å²) in [7, 11) is 1.62. The summed E-state index contributed by atoms with van der Waals surface area (Å²) in [6.07, 6.45) is -0.0753. The van der Waals surface area contributed by atoms with Gasteiger partial charge in [-0.15, -0.1) is 12.4 Å². The Morgan fingerprint density at radius 3 is 2.45 bits per heavy atom. The fourth-order valence-corrected chi connectivity index (χ4v) is 2.05. The lowest BCUT2D eigenvalue weighted by Gasteiger charge is -2.19. The summed E-state index contributed by atoms with van der Waals surface area (Å²) in [6, 6.07) is 16.9. The Labute approximate surface area is 125 Å². The zero-order chi connectivity index (χ0) is 13.7. The fraction of sp³-hybridized carbons (Fsp3) is 0.250. The van der Waals surface area contributed by atoms with E-state index in [2.05, 4.69) is 0 Å². The SMILES string of the molecule is COc1cccc([C@@H](N)[C@@H](O)Cc2ccccc2)c1.Cl. The summed E-state index contributed by atoms with van der Waals surface area (Å²) in [5, 5.41) is 10.2. The van der Waals surface area contributed by atoms with Crippen LogP contribution in [0.3, 0.4) is 0 Å². The van der Waals surface area contributed by atoms with Crippen LogP contribution in [0.2, 0.25) is 0 Å². The molecule has 0 aromatic heterocycles. The number of hydrogen-bond acceptors (Lipinski definition) is 3. The van der Waals surface area contributed by atoms with Gasteiger partial charge in [0.1, 0.15) is 5.75 Å². The molecule has 0 unspecified atom stereocenters. The van der Waals surface area contributed by atoms with E-state index in [1.165, 1.54) is 0 Å². The van der Waals surface area contributed by atoms with Crippen LogP contribution in [0.25, 0.3) is 0 Å². The van der Waals surface area contributed by atoms with Crippen LogP contribution in [-0.2, 0) is 6.42 Å². The standard InChI is InChI=1S/C16H19NO2.ClH/c1-19-14-9-5-8-13(11-14)16(17)15(18)10-12-6-3-2-4-7-12;/h2-9,11,15-16,18H,10,17H2,1H3;1H/t15-,16+;/m0./s1. The van der Waals surface area contributed by atoms with Crippen LogP contribution in [0.4, 0.5) is 0 Å². The van der Waals surface area contributed by atoms with Gasteiger partial charge < -0.3 is 15.6 Å². The van der Waals surface area contributed by atoms with Crippen molar-refractivity contribution in [3.05, 3.63) is 65.7 Å². The first-order valence-corrected chi connectivity index (χ1v) is 6.32. The average molecular weight is 294 g/mol. The Kier molecular flexibility index (Phi) is 6.52. The van der Waals surface area contributed by atoms with Crippen molar-refractivity contribution in [2.75, 3.05) is 7.11 Å². The Hall–Kier alpha value is -1.55. The van der Waals surface area contributed by atoms with Crippen molar-refractivity contribution in [3.63, 3.8) is 0 Å². The number of benzene rings is 2. The number of halogens is 1. The molecule has 0 aliphatic carbocycles. The van der Waals surface area contributed by atoms with Crippen LogP contribution < -0.4 is 10.5 Å². The van der Waals surface area contributed by atoms with E-state index in [1.807, 2.05) is 54.6 Å². The highest BCUT2D eigenvalue weighted by molar-refractivity contribution is 5.85. The summed E-state index contributed by atoms with van der Waals surface area (Å²) in [4.78, 5) is 0. The first-order valence-electron chi connectivity index (χ1n) is 6.32. The topological polar surface area (TPSA) is 55.5 Å². The van der Waals surface area contributed by atoms with E-state index >= 15 is 0 Å². The maximum absolute atomic E-state index is 10.2. The van der Waals surface area contributed by atoms with Crippen molar-refractivity contribution in [1.82, 2.24) is 0 Å². The van der Waals surface area contributed by atoms with Gasteiger partial charge in [0.2, 0.25) is 0 Å². The van der Waals surface area contributed by atoms with Gasteiger partial charge in [0, 0.05) is 6.42 Å². The molecular formula is C16H20ClNO2. The molecular weight excluding hydrogens is 274 g/mol. The molecule has 0 aliphatic rings. The van der Waals surface area contributed by atoms with Crippen LogP contribution in [0, 0.1) is 0 Å². The van der Waals surface area contributed by atoms with Gasteiger partial charge in [-0.2, -0.15) is 0 Å². The molecule has 2 aromatic rings. The molecule has 2 aromatic carbocycles. The van der Waals surface area contributed by atoms with Gasteiger partial charge in [0.25, 0.3) is 0 Å². The third-order valence-corrected chi connectivity index (χ3v) is 3.18. The van der Waals surface area contributed by atoms with Gasteiger partial charge in [-0.05, 0) is 23.3 Å². The van der Waals surface area contributed by atoms with E-state index in [0.717, 1.165) is 16.9 Å². The molecule has 0 saturated heterocycles. The van der Waals surface area contributed by atoms with E-state index in [-0.39, 0.29) is 12.4 Å². The number of nitrogens with two attached hydrogens (primary N) is 1. The van der Waals surface area contributed by atoms with Gasteiger partial charge in [0.05, 0.1) is 19.3 Å². The molecule has 2 atom stereocenters. The van der Waals surface area contributed by atoms with Crippen molar-refractivity contribution in [2.24, 2.45) is 5.73 Å². The molecule has 4 heteroatoms. The summed E-state index contributed by atoms with van der Waals surface area (Å²) in [5.74, 6) is 0.750. The summed E-state index contributed by atoms with van der Waals surface area (Å²) in [6.45, 7) is 0. The molecule has 3 nitrogen and oxygen atoms in total. The number of aliphatic hydroxyl groups excluding tert-OH is 1.